The molecule has 1 heterocycles. The van der Waals surface area contributed by atoms with Crippen LogP contribution in [-0.2, 0) is 4.79 Å². The van der Waals surface area contributed by atoms with Gasteiger partial charge in [-0.15, -0.1) is 0 Å². The van der Waals surface area contributed by atoms with Crippen LogP contribution in [0.1, 0.15) is 6.92 Å². The van der Waals surface area contributed by atoms with Crippen molar-refractivity contribution in [3.8, 4) is 17.0 Å². The molecule has 0 bridgehead atoms. The summed E-state index contributed by atoms with van der Waals surface area (Å²) in [6.07, 6.45) is 1.75. The number of imidazole rings is 1. The van der Waals surface area contributed by atoms with Crippen molar-refractivity contribution in [2.24, 2.45) is 0 Å². The minimum absolute atomic E-state index is 0.149. The minimum atomic E-state index is -0.381. The van der Waals surface area contributed by atoms with Crippen molar-refractivity contribution >= 4 is 23.4 Å². The molecule has 0 saturated carbocycles. The first-order valence-corrected chi connectivity index (χ1v) is 8.97. The van der Waals surface area contributed by atoms with Crippen molar-refractivity contribution in [2.75, 3.05) is 18.3 Å². The number of benzene rings is 2. The fourth-order valence-electron chi connectivity index (χ4n) is 2.41. The van der Waals surface area contributed by atoms with Crippen LogP contribution in [-0.4, -0.2) is 27.9 Å². The Kier molecular flexibility index (Phi) is 5.48. The van der Waals surface area contributed by atoms with E-state index in [9.17, 15) is 4.79 Å². The van der Waals surface area contributed by atoms with Gasteiger partial charge in [-0.1, -0.05) is 54.2 Å². The van der Waals surface area contributed by atoms with Gasteiger partial charge in [-0.25, -0.2) is 9.66 Å². The summed E-state index contributed by atoms with van der Waals surface area (Å²) >= 11 is 1.30. The van der Waals surface area contributed by atoms with E-state index < -0.39 is 0 Å². The summed E-state index contributed by atoms with van der Waals surface area (Å²) in [5, 5.41) is 3.07. The smallest absolute Gasteiger partial charge is 0.237 e. The molecule has 0 saturated heterocycles. The fraction of sp³-hybridized carbons (Fsp3) is 0.158. The number of methoxy groups -OCH3 is 1. The second-order valence-electron chi connectivity index (χ2n) is 5.63. The first-order valence-electron chi connectivity index (χ1n) is 8.09. The van der Waals surface area contributed by atoms with E-state index in [4.69, 9.17) is 10.6 Å². The van der Waals surface area contributed by atoms with Gasteiger partial charge in [-0.05, 0) is 19.1 Å². The summed E-state index contributed by atoms with van der Waals surface area (Å²) in [7, 11) is 1.57. The summed E-state index contributed by atoms with van der Waals surface area (Å²) in [5.41, 5.74) is 2.38. The summed E-state index contributed by atoms with van der Waals surface area (Å²) in [5.74, 6) is 6.47. The average molecular weight is 368 g/mol. The molecule has 134 valence electrons. The number of carbonyl (C=O) groups excluding carboxylic acids is 1. The van der Waals surface area contributed by atoms with Crippen LogP contribution in [0.15, 0.2) is 66.0 Å². The van der Waals surface area contributed by atoms with E-state index in [2.05, 4.69) is 10.3 Å². The molecule has 2 aromatic carbocycles. The molecule has 0 aliphatic rings. The van der Waals surface area contributed by atoms with Gasteiger partial charge in [0, 0.05) is 5.56 Å². The number of amides is 1. The lowest BCUT2D eigenvalue weighted by Gasteiger charge is -2.13. The zero-order valence-corrected chi connectivity index (χ0v) is 15.4. The second kappa shape index (κ2) is 7.97. The van der Waals surface area contributed by atoms with Gasteiger partial charge < -0.3 is 15.9 Å². The number of thioether (sulfide) groups is 1. The molecule has 6 nitrogen and oxygen atoms in total. The molecule has 3 aromatic rings. The lowest BCUT2D eigenvalue weighted by Crippen LogP contribution is -2.23. The number of ether oxygens (including phenoxy) is 1. The first-order chi connectivity index (χ1) is 12.6. The Labute approximate surface area is 156 Å². The van der Waals surface area contributed by atoms with Crippen LogP contribution in [0.5, 0.6) is 5.75 Å². The molecule has 3 N–H and O–H groups in total. The first kappa shape index (κ1) is 17.9. The maximum atomic E-state index is 12.5. The van der Waals surface area contributed by atoms with Crippen LogP contribution in [0.3, 0.4) is 0 Å². The monoisotopic (exact) mass is 368 g/mol. The summed E-state index contributed by atoms with van der Waals surface area (Å²) in [6, 6.07) is 17.1. The number of aromatic nitrogens is 2. The zero-order valence-electron chi connectivity index (χ0n) is 14.5. The number of nitrogens with zero attached hydrogens (tertiary/aromatic N) is 2. The maximum absolute atomic E-state index is 12.5. The largest absolute Gasteiger partial charge is 0.495 e. The van der Waals surface area contributed by atoms with Gasteiger partial charge in [0.2, 0.25) is 5.91 Å². The average Bonchev–Trinajstić information content (AvgIpc) is 3.03. The van der Waals surface area contributed by atoms with Crippen molar-refractivity contribution < 1.29 is 9.53 Å². The third-order valence-electron chi connectivity index (χ3n) is 3.78. The van der Waals surface area contributed by atoms with Crippen LogP contribution in [0.25, 0.3) is 11.3 Å². The Bertz CT molecular complexity index is 896. The van der Waals surface area contributed by atoms with Crippen LogP contribution in [0.2, 0.25) is 0 Å². The van der Waals surface area contributed by atoms with Crippen molar-refractivity contribution in [3.05, 3.63) is 60.8 Å². The molecule has 26 heavy (non-hydrogen) atoms. The number of anilines is 1. The SMILES string of the molecule is COc1ccccc1NC(=O)[C@@H](C)Sc1nc(-c2ccccc2)cn1N. The van der Waals surface area contributed by atoms with E-state index in [1.807, 2.05) is 49.4 Å². The number of nitrogens with two attached hydrogens (primary N) is 1. The Morgan fingerprint density at radius 1 is 1.19 bits per heavy atom. The Balaban J connectivity index is 1.71. The van der Waals surface area contributed by atoms with E-state index in [1.54, 1.807) is 25.4 Å². The van der Waals surface area contributed by atoms with Crippen LogP contribution < -0.4 is 15.9 Å². The molecule has 0 spiro atoms. The highest BCUT2D eigenvalue weighted by molar-refractivity contribution is 8.00. The summed E-state index contributed by atoms with van der Waals surface area (Å²) in [6.45, 7) is 1.81. The molecule has 1 atom stereocenters. The molecule has 0 fully saturated rings. The third kappa shape index (κ3) is 4.00. The summed E-state index contributed by atoms with van der Waals surface area (Å²) < 4.78 is 6.70. The lowest BCUT2D eigenvalue weighted by atomic mass is 10.2. The molecule has 0 aliphatic carbocycles. The van der Waals surface area contributed by atoms with E-state index in [0.29, 0.717) is 16.6 Å². The third-order valence-corrected chi connectivity index (χ3v) is 4.86. The molecule has 0 unspecified atom stereocenters. The predicted octanol–water partition coefficient (Wildman–Crippen LogP) is 3.39. The fourth-order valence-corrected chi connectivity index (χ4v) is 3.21. The second-order valence-corrected chi connectivity index (χ2v) is 6.94. The highest BCUT2D eigenvalue weighted by atomic mass is 32.2. The van der Waals surface area contributed by atoms with Crippen molar-refractivity contribution in [2.45, 2.75) is 17.3 Å². The molecule has 1 aromatic heterocycles. The zero-order chi connectivity index (χ0) is 18.5. The number of nitrogen functional groups attached to an aromatic ring is 1. The molecular weight excluding hydrogens is 348 g/mol. The van der Waals surface area contributed by atoms with Gasteiger partial charge in [0.15, 0.2) is 5.16 Å². The standard InChI is InChI=1S/C19H20N4O2S/c1-13(18(24)21-15-10-6-7-11-17(15)25-2)26-19-22-16(12-23(19)20)14-8-4-3-5-9-14/h3-13H,20H2,1-2H3,(H,21,24)/t13-/m1/s1. The summed E-state index contributed by atoms with van der Waals surface area (Å²) in [4.78, 5) is 17.0. The number of nitrogens with one attached hydrogen (secondary N) is 1. The highest BCUT2D eigenvalue weighted by Crippen LogP contribution is 2.28. The van der Waals surface area contributed by atoms with Gasteiger partial charge in [-0.3, -0.25) is 4.79 Å². The minimum Gasteiger partial charge on any atom is -0.495 e. The molecule has 7 heteroatoms. The van der Waals surface area contributed by atoms with Crippen LogP contribution in [0, 0.1) is 0 Å². The number of hydrogen-bond donors (Lipinski definition) is 2. The molecule has 0 aliphatic heterocycles. The van der Waals surface area contributed by atoms with Crippen molar-refractivity contribution in [1.29, 1.82) is 0 Å². The van der Waals surface area contributed by atoms with Gasteiger partial charge in [0.25, 0.3) is 0 Å². The predicted molar refractivity (Wildman–Crippen MR) is 105 cm³/mol. The normalized spacial score (nSPS) is 11.8. The molecular formula is C19H20N4O2S. The molecule has 0 radical (unpaired) electrons. The van der Waals surface area contributed by atoms with E-state index >= 15 is 0 Å². The van der Waals surface area contributed by atoms with Gasteiger partial charge >= 0.3 is 0 Å². The van der Waals surface area contributed by atoms with Gasteiger partial charge in [0.05, 0.1) is 29.9 Å². The molecule has 3 rings (SSSR count). The highest BCUT2D eigenvalue weighted by Gasteiger charge is 2.19. The van der Waals surface area contributed by atoms with Crippen LogP contribution >= 0.6 is 11.8 Å². The Morgan fingerprint density at radius 2 is 1.88 bits per heavy atom. The topological polar surface area (TPSA) is 82.2 Å². The van der Waals surface area contributed by atoms with Crippen molar-refractivity contribution in [3.63, 3.8) is 0 Å². The molecule has 1 amide bonds. The van der Waals surface area contributed by atoms with Crippen LogP contribution in [0.4, 0.5) is 5.69 Å². The quantitative estimate of drug-likeness (QED) is 0.515. The van der Waals surface area contributed by atoms with Gasteiger partial charge in [0.1, 0.15) is 5.75 Å². The van der Waals surface area contributed by atoms with E-state index in [1.165, 1.54) is 16.4 Å². The Hall–Kier alpha value is -2.93. The van der Waals surface area contributed by atoms with E-state index in [-0.39, 0.29) is 11.2 Å². The van der Waals surface area contributed by atoms with E-state index in [0.717, 1.165) is 11.3 Å². The lowest BCUT2D eigenvalue weighted by molar-refractivity contribution is -0.115. The number of para-hydroxylation sites is 2. The van der Waals surface area contributed by atoms with Crippen molar-refractivity contribution in [1.82, 2.24) is 9.66 Å². The van der Waals surface area contributed by atoms with Gasteiger partial charge in [-0.2, -0.15) is 0 Å². The Morgan fingerprint density at radius 3 is 2.62 bits per heavy atom. The number of carbonyl (C=O) groups is 1. The maximum Gasteiger partial charge on any atom is 0.237 e. The number of hydrogen-bond acceptors (Lipinski definition) is 5. The number of rotatable bonds is 6.